The highest BCUT2D eigenvalue weighted by Gasteiger charge is 2.14. The Morgan fingerprint density at radius 1 is 1.10 bits per heavy atom. The van der Waals surface area contributed by atoms with Crippen LogP contribution in [0.2, 0.25) is 0 Å². The molecule has 0 saturated carbocycles. The second kappa shape index (κ2) is 9.13. The maximum absolute atomic E-state index is 4.45. The molecule has 5 nitrogen and oxygen atoms in total. The zero-order valence-corrected chi connectivity index (χ0v) is 14.6. The summed E-state index contributed by atoms with van der Waals surface area (Å²) in [6, 6.07) is 0. The molecule has 0 aliphatic heterocycles. The largest absolute Gasteiger partial charge is 0.369 e. The van der Waals surface area contributed by atoms with Crippen molar-refractivity contribution in [3.8, 4) is 0 Å². The van der Waals surface area contributed by atoms with E-state index in [1.807, 2.05) is 0 Å². The van der Waals surface area contributed by atoms with Crippen molar-refractivity contribution in [1.82, 2.24) is 14.9 Å². The first-order valence-electron chi connectivity index (χ1n) is 7.24. The molecule has 1 N–H and O–H groups in total. The third-order valence-corrected chi connectivity index (χ3v) is 3.65. The zero-order valence-electron chi connectivity index (χ0n) is 13.0. The van der Waals surface area contributed by atoms with Crippen molar-refractivity contribution < 1.29 is 0 Å². The summed E-state index contributed by atoms with van der Waals surface area (Å²) in [6.45, 7) is 8.21. The van der Waals surface area contributed by atoms with Crippen molar-refractivity contribution in [2.24, 2.45) is 0 Å². The van der Waals surface area contributed by atoms with Gasteiger partial charge < -0.3 is 15.1 Å². The first-order chi connectivity index (χ1) is 9.60. The van der Waals surface area contributed by atoms with E-state index in [1.54, 1.807) is 6.33 Å². The minimum Gasteiger partial charge on any atom is -0.369 e. The molecular formula is C14H26BrN5. The molecule has 0 unspecified atom stereocenters. The SMILES string of the molecule is CCCNc1ncnc(N(CCC)CCN(C)C)c1Br. The first-order valence-corrected chi connectivity index (χ1v) is 8.03. The van der Waals surface area contributed by atoms with Gasteiger partial charge in [-0.05, 0) is 42.9 Å². The molecule has 1 heterocycles. The van der Waals surface area contributed by atoms with Crippen molar-refractivity contribution in [3.05, 3.63) is 10.8 Å². The lowest BCUT2D eigenvalue weighted by Crippen LogP contribution is -2.33. The summed E-state index contributed by atoms with van der Waals surface area (Å²) in [5, 5.41) is 3.33. The molecule has 0 radical (unpaired) electrons. The molecule has 1 aromatic heterocycles. The fourth-order valence-electron chi connectivity index (χ4n) is 1.86. The maximum atomic E-state index is 4.45. The molecule has 114 valence electrons. The third-order valence-electron chi connectivity index (χ3n) is 2.92. The molecule has 6 heteroatoms. The van der Waals surface area contributed by atoms with Crippen LogP contribution in [0.5, 0.6) is 0 Å². The van der Waals surface area contributed by atoms with Gasteiger partial charge in [0.05, 0.1) is 0 Å². The highest BCUT2D eigenvalue weighted by molar-refractivity contribution is 9.10. The highest BCUT2D eigenvalue weighted by atomic mass is 79.9. The maximum Gasteiger partial charge on any atom is 0.148 e. The highest BCUT2D eigenvalue weighted by Crippen LogP contribution is 2.29. The van der Waals surface area contributed by atoms with E-state index in [0.717, 1.165) is 55.1 Å². The Bertz CT molecular complexity index is 397. The Morgan fingerprint density at radius 3 is 2.45 bits per heavy atom. The lowest BCUT2D eigenvalue weighted by molar-refractivity contribution is 0.412. The molecule has 0 aliphatic carbocycles. The Kier molecular flexibility index (Phi) is 7.84. The average molecular weight is 344 g/mol. The first kappa shape index (κ1) is 17.2. The van der Waals surface area contributed by atoms with Gasteiger partial charge in [0.25, 0.3) is 0 Å². The number of anilines is 2. The number of nitrogens with one attached hydrogen (secondary N) is 1. The van der Waals surface area contributed by atoms with E-state index in [2.05, 4.69) is 69.0 Å². The van der Waals surface area contributed by atoms with Crippen LogP contribution in [-0.4, -0.2) is 55.1 Å². The molecular weight excluding hydrogens is 318 g/mol. The van der Waals surface area contributed by atoms with Gasteiger partial charge in [-0.25, -0.2) is 9.97 Å². The minimum absolute atomic E-state index is 0.878. The van der Waals surface area contributed by atoms with Crippen molar-refractivity contribution >= 4 is 27.6 Å². The van der Waals surface area contributed by atoms with E-state index >= 15 is 0 Å². The Morgan fingerprint density at radius 2 is 1.85 bits per heavy atom. The summed E-state index contributed by atoms with van der Waals surface area (Å²) < 4.78 is 0.959. The molecule has 1 aromatic rings. The van der Waals surface area contributed by atoms with Gasteiger partial charge in [-0.15, -0.1) is 0 Å². The van der Waals surface area contributed by atoms with Crippen molar-refractivity contribution in [1.29, 1.82) is 0 Å². The predicted molar refractivity (Wildman–Crippen MR) is 89.6 cm³/mol. The minimum atomic E-state index is 0.878. The van der Waals surface area contributed by atoms with E-state index in [9.17, 15) is 0 Å². The third kappa shape index (κ3) is 5.25. The normalized spacial score (nSPS) is 10.9. The quantitative estimate of drug-likeness (QED) is 0.746. The molecule has 0 aliphatic rings. The molecule has 0 amide bonds. The monoisotopic (exact) mass is 343 g/mol. The summed E-state index contributed by atoms with van der Waals surface area (Å²) in [5.74, 6) is 1.85. The van der Waals surface area contributed by atoms with E-state index in [-0.39, 0.29) is 0 Å². The van der Waals surface area contributed by atoms with E-state index in [0.29, 0.717) is 0 Å². The zero-order chi connectivity index (χ0) is 15.0. The number of rotatable bonds is 9. The Hall–Kier alpha value is -0.880. The van der Waals surface area contributed by atoms with E-state index < -0.39 is 0 Å². The number of nitrogens with zero attached hydrogens (tertiary/aromatic N) is 4. The molecule has 0 bridgehead atoms. The second-order valence-electron chi connectivity index (χ2n) is 5.08. The van der Waals surface area contributed by atoms with E-state index in [1.165, 1.54) is 0 Å². The van der Waals surface area contributed by atoms with Gasteiger partial charge in [0, 0.05) is 26.2 Å². The molecule has 0 spiro atoms. The van der Waals surface area contributed by atoms with Crippen molar-refractivity contribution in [2.45, 2.75) is 26.7 Å². The van der Waals surface area contributed by atoms with Gasteiger partial charge in [0.15, 0.2) is 0 Å². The molecule has 1 rings (SSSR count). The fourth-order valence-corrected chi connectivity index (χ4v) is 2.46. The number of aromatic nitrogens is 2. The van der Waals surface area contributed by atoms with Crippen LogP contribution in [0.25, 0.3) is 0 Å². The number of halogens is 1. The van der Waals surface area contributed by atoms with Gasteiger partial charge in [0.2, 0.25) is 0 Å². The summed E-state index contributed by atoms with van der Waals surface area (Å²) >= 11 is 3.65. The van der Waals surface area contributed by atoms with Crippen LogP contribution >= 0.6 is 15.9 Å². The van der Waals surface area contributed by atoms with Crippen LogP contribution in [0.1, 0.15) is 26.7 Å². The number of hydrogen-bond acceptors (Lipinski definition) is 5. The van der Waals surface area contributed by atoms with E-state index in [4.69, 9.17) is 0 Å². The average Bonchev–Trinajstić information content (AvgIpc) is 2.42. The van der Waals surface area contributed by atoms with Crippen LogP contribution in [0.3, 0.4) is 0 Å². The fraction of sp³-hybridized carbons (Fsp3) is 0.714. The molecule has 0 fully saturated rings. The summed E-state index contributed by atoms with van der Waals surface area (Å²) in [4.78, 5) is 13.3. The molecule has 20 heavy (non-hydrogen) atoms. The van der Waals surface area contributed by atoms with Crippen LogP contribution in [-0.2, 0) is 0 Å². The van der Waals surface area contributed by atoms with Gasteiger partial charge in [-0.2, -0.15) is 0 Å². The van der Waals surface area contributed by atoms with Crippen molar-refractivity contribution in [3.63, 3.8) is 0 Å². The van der Waals surface area contributed by atoms with Gasteiger partial charge in [0.1, 0.15) is 22.4 Å². The van der Waals surface area contributed by atoms with Crippen molar-refractivity contribution in [2.75, 3.05) is 50.5 Å². The summed E-state index contributed by atoms with van der Waals surface area (Å²) in [6.07, 6.45) is 3.81. The Labute approximate surface area is 130 Å². The number of likely N-dealkylation sites (N-methyl/N-ethyl adjacent to an activating group) is 1. The number of hydrogen-bond donors (Lipinski definition) is 1. The summed E-state index contributed by atoms with van der Waals surface area (Å²) in [7, 11) is 4.18. The molecule has 0 aromatic carbocycles. The predicted octanol–water partition coefficient (Wildman–Crippen LogP) is 2.84. The molecule has 0 atom stereocenters. The smallest absolute Gasteiger partial charge is 0.148 e. The summed E-state index contributed by atoms with van der Waals surface area (Å²) in [5.41, 5.74) is 0. The second-order valence-corrected chi connectivity index (χ2v) is 5.87. The van der Waals surface area contributed by atoms with Crippen LogP contribution in [0.4, 0.5) is 11.6 Å². The lowest BCUT2D eigenvalue weighted by atomic mass is 10.3. The van der Waals surface area contributed by atoms with Gasteiger partial charge in [-0.1, -0.05) is 13.8 Å². The van der Waals surface area contributed by atoms with Crippen LogP contribution < -0.4 is 10.2 Å². The molecule has 0 saturated heterocycles. The lowest BCUT2D eigenvalue weighted by Gasteiger charge is -2.26. The van der Waals surface area contributed by atoms with Crippen LogP contribution in [0.15, 0.2) is 10.8 Å². The standard InChI is InChI=1S/C14H26BrN5/c1-5-7-16-13-12(15)14(18-11-17-13)20(8-6-2)10-9-19(3)4/h11H,5-10H2,1-4H3,(H,16,17,18). The van der Waals surface area contributed by atoms with Crippen LogP contribution in [0, 0.1) is 0 Å². The Balaban J connectivity index is 2.88. The topological polar surface area (TPSA) is 44.3 Å². The van der Waals surface area contributed by atoms with Gasteiger partial charge >= 0.3 is 0 Å². The van der Waals surface area contributed by atoms with Gasteiger partial charge in [-0.3, -0.25) is 0 Å².